The van der Waals surface area contributed by atoms with Crippen LogP contribution in [-0.4, -0.2) is 33.5 Å². The van der Waals surface area contributed by atoms with E-state index in [1.807, 2.05) is 4.90 Å². The molecule has 6 rings (SSSR count). The van der Waals surface area contributed by atoms with Crippen LogP contribution >= 0.6 is 11.3 Å². The van der Waals surface area contributed by atoms with E-state index in [1.54, 1.807) is 29.6 Å². The Morgan fingerprint density at radius 3 is 2.71 bits per heavy atom. The SMILES string of the molecule is COc1ccc2c(c1)C(=O)[C@@]13[C@@H](CCN21)c1cc(F)ccc1N3S(=O)(=O)c1cccs1. The summed E-state index contributed by atoms with van der Waals surface area (Å²) in [6.07, 6.45) is 0.546. The molecule has 3 aliphatic heterocycles. The van der Waals surface area contributed by atoms with Crippen molar-refractivity contribution in [2.45, 2.75) is 22.2 Å². The summed E-state index contributed by atoms with van der Waals surface area (Å²) in [5, 5.41) is 1.69. The Hall–Kier alpha value is -2.91. The van der Waals surface area contributed by atoms with Crippen molar-refractivity contribution in [2.24, 2.45) is 0 Å². The second kappa shape index (κ2) is 6.08. The number of benzene rings is 2. The van der Waals surface area contributed by atoms with E-state index in [4.69, 9.17) is 4.74 Å². The lowest BCUT2D eigenvalue weighted by molar-refractivity contribution is 0.0909. The van der Waals surface area contributed by atoms with Gasteiger partial charge in [0, 0.05) is 18.0 Å². The average molecular weight is 457 g/mol. The van der Waals surface area contributed by atoms with E-state index in [1.165, 1.54) is 35.7 Å². The Balaban J connectivity index is 1.66. The first-order valence-corrected chi connectivity index (χ1v) is 12.1. The zero-order valence-corrected chi connectivity index (χ0v) is 18.0. The molecule has 1 saturated heterocycles. The number of rotatable bonds is 3. The molecule has 0 aliphatic carbocycles. The first-order valence-electron chi connectivity index (χ1n) is 9.79. The van der Waals surface area contributed by atoms with E-state index in [-0.39, 0.29) is 9.99 Å². The Bertz CT molecular complexity index is 1360. The smallest absolute Gasteiger partial charge is 0.276 e. The Kier molecular flexibility index (Phi) is 3.69. The fraction of sp³-hybridized carbons (Fsp3) is 0.227. The number of hydrogen-bond donors (Lipinski definition) is 0. The lowest BCUT2D eigenvalue weighted by atomic mass is 9.87. The van der Waals surface area contributed by atoms with E-state index >= 15 is 0 Å². The number of nitrogens with zero attached hydrogens (tertiary/aromatic N) is 2. The molecule has 2 aromatic carbocycles. The molecule has 6 nitrogen and oxygen atoms in total. The van der Waals surface area contributed by atoms with Crippen molar-refractivity contribution in [3.8, 4) is 5.75 Å². The molecular formula is C22H17FN2O4S2. The van der Waals surface area contributed by atoms with E-state index in [9.17, 15) is 17.6 Å². The summed E-state index contributed by atoms with van der Waals surface area (Å²) < 4.78 is 48.7. The molecule has 1 spiro atoms. The zero-order valence-electron chi connectivity index (χ0n) is 16.4. The predicted molar refractivity (Wildman–Crippen MR) is 115 cm³/mol. The van der Waals surface area contributed by atoms with Crippen LogP contribution in [0.25, 0.3) is 0 Å². The quantitative estimate of drug-likeness (QED) is 0.596. The van der Waals surface area contributed by atoms with Crippen LogP contribution < -0.4 is 13.9 Å². The average Bonchev–Trinajstić information content (AvgIpc) is 3.50. The topological polar surface area (TPSA) is 66.9 Å². The van der Waals surface area contributed by atoms with Gasteiger partial charge in [-0.05, 0) is 59.8 Å². The number of halogens is 1. The number of hydrogen-bond acceptors (Lipinski definition) is 6. The zero-order chi connectivity index (χ0) is 21.5. The second-order valence-corrected chi connectivity index (χ2v) is 10.8. The van der Waals surface area contributed by atoms with Gasteiger partial charge in [0.15, 0.2) is 5.66 Å². The summed E-state index contributed by atoms with van der Waals surface area (Å²) in [5.41, 5.74) is 0.526. The van der Waals surface area contributed by atoms with Gasteiger partial charge < -0.3 is 9.64 Å². The molecule has 3 aromatic rings. The summed E-state index contributed by atoms with van der Waals surface area (Å²) in [4.78, 5) is 15.9. The number of thiophene rings is 1. The molecule has 1 fully saturated rings. The third kappa shape index (κ3) is 2.15. The van der Waals surface area contributed by atoms with Gasteiger partial charge in [0.1, 0.15) is 15.8 Å². The van der Waals surface area contributed by atoms with Crippen molar-refractivity contribution in [2.75, 3.05) is 22.9 Å². The third-order valence-corrected chi connectivity index (χ3v) is 9.68. The summed E-state index contributed by atoms with van der Waals surface area (Å²) >= 11 is 1.10. The van der Waals surface area contributed by atoms with E-state index < -0.39 is 27.4 Å². The van der Waals surface area contributed by atoms with E-state index in [0.29, 0.717) is 41.2 Å². The van der Waals surface area contributed by atoms with Crippen molar-refractivity contribution < 1.29 is 22.3 Å². The van der Waals surface area contributed by atoms with Crippen molar-refractivity contribution in [3.05, 3.63) is 70.9 Å². The van der Waals surface area contributed by atoms with Crippen LogP contribution in [0.2, 0.25) is 0 Å². The maximum absolute atomic E-state index is 14.2. The van der Waals surface area contributed by atoms with Crippen molar-refractivity contribution >= 4 is 38.5 Å². The summed E-state index contributed by atoms with van der Waals surface area (Å²) in [6.45, 7) is 0.488. The normalized spacial score (nSPS) is 23.5. The molecule has 3 aliphatic rings. The Morgan fingerprint density at radius 2 is 1.97 bits per heavy atom. The van der Waals surface area contributed by atoms with Crippen LogP contribution in [0.1, 0.15) is 28.3 Å². The Labute approximate surface area is 182 Å². The molecule has 0 N–H and O–H groups in total. The second-order valence-electron chi connectivity index (χ2n) is 7.84. The molecule has 9 heteroatoms. The van der Waals surface area contributed by atoms with Gasteiger partial charge in [0.05, 0.1) is 18.5 Å². The van der Waals surface area contributed by atoms with Crippen molar-refractivity contribution in [1.29, 1.82) is 0 Å². The number of carbonyl (C=O) groups is 1. The molecule has 0 saturated carbocycles. The molecule has 2 atom stereocenters. The molecule has 0 amide bonds. The molecule has 0 unspecified atom stereocenters. The van der Waals surface area contributed by atoms with Gasteiger partial charge >= 0.3 is 0 Å². The summed E-state index contributed by atoms with van der Waals surface area (Å²) in [5.74, 6) is -0.706. The monoisotopic (exact) mass is 456 g/mol. The highest BCUT2D eigenvalue weighted by Gasteiger charge is 2.70. The maximum atomic E-state index is 14.2. The molecule has 158 valence electrons. The fourth-order valence-corrected chi connectivity index (χ4v) is 8.22. The largest absolute Gasteiger partial charge is 0.497 e. The van der Waals surface area contributed by atoms with Crippen LogP contribution in [0.15, 0.2) is 58.1 Å². The number of carbonyl (C=O) groups excluding carboxylic acids is 1. The van der Waals surface area contributed by atoms with Crippen LogP contribution in [0.4, 0.5) is 15.8 Å². The van der Waals surface area contributed by atoms with Crippen molar-refractivity contribution in [3.63, 3.8) is 0 Å². The highest BCUT2D eigenvalue weighted by atomic mass is 32.2. The first-order chi connectivity index (χ1) is 14.9. The maximum Gasteiger partial charge on any atom is 0.276 e. The van der Waals surface area contributed by atoms with Gasteiger partial charge in [-0.15, -0.1) is 11.3 Å². The highest BCUT2D eigenvalue weighted by Crippen LogP contribution is 2.62. The lowest BCUT2D eigenvalue weighted by Crippen LogP contribution is -2.61. The molecule has 4 heterocycles. The number of anilines is 2. The van der Waals surface area contributed by atoms with Gasteiger partial charge in [0.2, 0.25) is 5.78 Å². The molecule has 1 aromatic heterocycles. The Morgan fingerprint density at radius 1 is 1.16 bits per heavy atom. The third-order valence-electron chi connectivity index (χ3n) is 6.50. The fourth-order valence-electron chi connectivity index (χ4n) is 5.36. The van der Waals surface area contributed by atoms with Crippen LogP contribution in [0.3, 0.4) is 0 Å². The van der Waals surface area contributed by atoms with Gasteiger partial charge in [0.25, 0.3) is 10.0 Å². The van der Waals surface area contributed by atoms with Crippen LogP contribution in [-0.2, 0) is 10.0 Å². The van der Waals surface area contributed by atoms with Gasteiger partial charge in [-0.1, -0.05) is 6.07 Å². The number of ether oxygens (including phenoxy) is 1. The van der Waals surface area contributed by atoms with Crippen LogP contribution in [0.5, 0.6) is 5.75 Å². The standard InChI is InChI=1S/C22H17FN2O4S2/c1-29-14-5-7-18-16(12-14)21(26)22-17(8-9-24(18)22)15-11-13(23)4-6-19(15)25(22)31(27,28)20-3-2-10-30-20/h2-7,10-12,17H,8-9H2,1H3/t17-,22-/m0/s1. The van der Waals surface area contributed by atoms with E-state index in [2.05, 4.69) is 0 Å². The number of ketones is 1. The number of methoxy groups -OCH3 is 1. The summed E-state index contributed by atoms with van der Waals surface area (Å²) in [6, 6.07) is 12.5. The predicted octanol–water partition coefficient (Wildman–Crippen LogP) is 3.99. The lowest BCUT2D eigenvalue weighted by Gasteiger charge is -2.40. The summed E-state index contributed by atoms with van der Waals surface area (Å²) in [7, 11) is -2.55. The minimum absolute atomic E-state index is 0.144. The van der Waals surface area contributed by atoms with Gasteiger partial charge in [-0.2, -0.15) is 0 Å². The van der Waals surface area contributed by atoms with E-state index in [0.717, 1.165) is 11.3 Å². The molecule has 0 bridgehead atoms. The minimum atomic E-state index is -4.07. The highest BCUT2D eigenvalue weighted by molar-refractivity contribution is 7.94. The minimum Gasteiger partial charge on any atom is -0.497 e. The van der Waals surface area contributed by atoms with Crippen molar-refractivity contribution in [1.82, 2.24) is 0 Å². The number of fused-ring (bicyclic) bond motifs is 4. The number of sulfonamides is 1. The van der Waals surface area contributed by atoms with Crippen LogP contribution in [0, 0.1) is 5.82 Å². The first kappa shape index (κ1) is 18.8. The molecule has 0 radical (unpaired) electrons. The molecule has 31 heavy (non-hydrogen) atoms. The van der Waals surface area contributed by atoms with Gasteiger partial charge in [-0.3, -0.25) is 4.79 Å². The van der Waals surface area contributed by atoms with Gasteiger partial charge in [-0.25, -0.2) is 17.1 Å². The number of Topliss-reactive ketones (excluding diaryl/α,β-unsaturated/α-hetero) is 1. The molecular weight excluding hydrogens is 439 g/mol.